The van der Waals surface area contributed by atoms with Crippen LogP contribution in [0.25, 0.3) is 0 Å². The Morgan fingerprint density at radius 3 is 2.92 bits per heavy atom. The van der Waals surface area contributed by atoms with E-state index in [2.05, 4.69) is 11.0 Å². The standard InChI is InChI=1S/C21H28N2O3/c24-20-7-6-17-14-22(21(25)18-10-13-26-15-18)11-9-19(17)23(20)12-8-16-4-2-1-3-5-16/h4,10,13,15,17,19H,1-3,5-9,11-12,14H2. The molecule has 2 amide bonds. The molecule has 0 saturated carbocycles. The van der Waals surface area contributed by atoms with Crippen LogP contribution in [0.3, 0.4) is 0 Å². The Morgan fingerprint density at radius 2 is 2.15 bits per heavy atom. The van der Waals surface area contributed by atoms with Gasteiger partial charge in [-0.05, 0) is 56.9 Å². The Hall–Kier alpha value is -2.04. The third-order valence-electron chi connectivity index (χ3n) is 6.26. The summed E-state index contributed by atoms with van der Waals surface area (Å²) < 4.78 is 5.05. The van der Waals surface area contributed by atoms with E-state index in [4.69, 9.17) is 4.42 Å². The molecule has 1 aliphatic carbocycles. The SMILES string of the molecule is O=C(c1ccoc1)N1CCC2C(CCC(=O)N2CCC2=CCCCC2)C1. The van der Waals surface area contributed by atoms with Gasteiger partial charge in [0.15, 0.2) is 0 Å². The molecule has 2 unspecified atom stereocenters. The van der Waals surface area contributed by atoms with Gasteiger partial charge in [-0.15, -0.1) is 0 Å². The number of piperidine rings is 2. The summed E-state index contributed by atoms with van der Waals surface area (Å²) in [5.41, 5.74) is 2.15. The summed E-state index contributed by atoms with van der Waals surface area (Å²) in [5.74, 6) is 0.753. The molecule has 0 bridgehead atoms. The number of furan rings is 1. The van der Waals surface area contributed by atoms with E-state index in [1.54, 1.807) is 12.3 Å². The van der Waals surface area contributed by atoms with Crippen molar-refractivity contribution >= 4 is 11.8 Å². The van der Waals surface area contributed by atoms with Crippen molar-refractivity contribution in [2.75, 3.05) is 19.6 Å². The first-order valence-electron chi connectivity index (χ1n) is 10.0. The lowest BCUT2D eigenvalue weighted by Crippen LogP contribution is -2.57. The third-order valence-corrected chi connectivity index (χ3v) is 6.26. The van der Waals surface area contributed by atoms with Gasteiger partial charge < -0.3 is 14.2 Å². The van der Waals surface area contributed by atoms with Crippen molar-refractivity contribution in [3.05, 3.63) is 35.8 Å². The van der Waals surface area contributed by atoms with Gasteiger partial charge in [0.05, 0.1) is 11.8 Å². The van der Waals surface area contributed by atoms with Crippen LogP contribution in [0, 0.1) is 5.92 Å². The summed E-state index contributed by atoms with van der Waals surface area (Å²) in [6.07, 6.45) is 13.8. The quantitative estimate of drug-likeness (QED) is 0.774. The zero-order valence-electron chi connectivity index (χ0n) is 15.4. The second-order valence-electron chi connectivity index (χ2n) is 7.86. The number of rotatable bonds is 4. The molecule has 5 nitrogen and oxygen atoms in total. The third kappa shape index (κ3) is 3.57. The van der Waals surface area contributed by atoms with Gasteiger partial charge in [-0.1, -0.05) is 11.6 Å². The molecule has 3 aliphatic rings. The molecule has 1 aromatic heterocycles. The number of nitrogens with zero attached hydrogens (tertiary/aromatic N) is 2. The molecule has 140 valence electrons. The van der Waals surface area contributed by atoms with E-state index in [1.807, 2.05) is 4.90 Å². The van der Waals surface area contributed by atoms with E-state index >= 15 is 0 Å². The number of fused-ring (bicyclic) bond motifs is 1. The van der Waals surface area contributed by atoms with Crippen molar-refractivity contribution in [2.45, 2.75) is 57.4 Å². The van der Waals surface area contributed by atoms with Crippen LogP contribution in [0.4, 0.5) is 0 Å². The van der Waals surface area contributed by atoms with Crippen molar-refractivity contribution in [1.29, 1.82) is 0 Å². The molecule has 5 heteroatoms. The van der Waals surface area contributed by atoms with E-state index in [0.717, 1.165) is 38.9 Å². The molecular formula is C21H28N2O3. The molecule has 2 atom stereocenters. The minimum atomic E-state index is 0.0491. The maximum absolute atomic E-state index is 12.6. The van der Waals surface area contributed by atoms with Crippen LogP contribution in [0.2, 0.25) is 0 Å². The summed E-state index contributed by atoms with van der Waals surface area (Å²) >= 11 is 0. The zero-order valence-corrected chi connectivity index (χ0v) is 15.4. The van der Waals surface area contributed by atoms with Gasteiger partial charge >= 0.3 is 0 Å². The molecule has 0 radical (unpaired) electrons. The highest BCUT2D eigenvalue weighted by molar-refractivity contribution is 5.94. The van der Waals surface area contributed by atoms with Gasteiger partial charge in [0.1, 0.15) is 6.26 Å². The number of carbonyl (C=O) groups is 2. The summed E-state index contributed by atoms with van der Waals surface area (Å²) in [5, 5.41) is 0. The van der Waals surface area contributed by atoms with E-state index < -0.39 is 0 Å². The lowest BCUT2D eigenvalue weighted by molar-refractivity contribution is -0.140. The number of likely N-dealkylation sites (tertiary alicyclic amines) is 2. The molecule has 0 N–H and O–H groups in total. The minimum Gasteiger partial charge on any atom is -0.472 e. The van der Waals surface area contributed by atoms with Crippen LogP contribution in [0.15, 0.2) is 34.7 Å². The fourth-order valence-electron chi connectivity index (χ4n) is 4.79. The summed E-state index contributed by atoms with van der Waals surface area (Å²) in [6, 6.07) is 2.03. The predicted molar refractivity (Wildman–Crippen MR) is 98.6 cm³/mol. The Labute approximate surface area is 155 Å². The maximum Gasteiger partial charge on any atom is 0.257 e. The number of allylic oxidation sites excluding steroid dienone is 1. The van der Waals surface area contributed by atoms with Crippen molar-refractivity contribution in [3.8, 4) is 0 Å². The van der Waals surface area contributed by atoms with E-state index in [9.17, 15) is 9.59 Å². The molecule has 1 aromatic rings. The van der Waals surface area contributed by atoms with Gasteiger partial charge in [-0.2, -0.15) is 0 Å². The normalized spacial score (nSPS) is 26.5. The first kappa shape index (κ1) is 17.4. The van der Waals surface area contributed by atoms with Gasteiger partial charge in [0.2, 0.25) is 5.91 Å². The van der Waals surface area contributed by atoms with Gasteiger partial charge in [-0.3, -0.25) is 9.59 Å². The van der Waals surface area contributed by atoms with Crippen LogP contribution >= 0.6 is 0 Å². The van der Waals surface area contributed by atoms with Crippen molar-refractivity contribution in [1.82, 2.24) is 9.80 Å². The van der Waals surface area contributed by atoms with Gasteiger partial charge in [0, 0.05) is 32.1 Å². The maximum atomic E-state index is 12.6. The Kier molecular flexibility index (Phi) is 5.14. The molecule has 2 aliphatic heterocycles. The Bertz CT molecular complexity index is 679. The number of hydrogen-bond acceptors (Lipinski definition) is 3. The van der Waals surface area contributed by atoms with Crippen molar-refractivity contribution in [3.63, 3.8) is 0 Å². The van der Waals surface area contributed by atoms with E-state index in [1.165, 1.54) is 37.5 Å². The predicted octanol–water partition coefficient (Wildman–Crippen LogP) is 3.62. The second kappa shape index (κ2) is 7.68. The Morgan fingerprint density at radius 1 is 1.23 bits per heavy atom. The molecule has 3 heterocycles. The average Bonchev–Trinajstić information content (AvgIpc) is 3.22. The van der Waals surface area contributed by atoms with E-state index in [0.29, 0.717) is 29.9 Å². The lowest BCUT2D eigenvalue weighted by atomic mass is 9.83. The summed E-state index contributed by atoms with van der Waals surface area (Å²) in [7, 11) is 0. The van der Waals surface area contributed by atoms with Crippen molar-refractivity contribution in [2.24, 2.45) is 5.92 Å². The molecule has 0 aromatic carbocycles. The fourth-order valence-corrected chi connectivity index (χ4v) is 4.79. The summed E-state index contributed by atoms with van der Waals surface area (Å²) in [4.78, 5) is 29.2. The number of hydrogen-bond donors (Lipinski definition) is 0. The zero-order chi connectivity index (χ0) is 17.9. The average molecular weight is 356 g/mol. The molecule has 2 saturated heterocycles. The minimum absolute atomic E-state index is 0.0491. The van der Waals surface area contributed by atoms with Crippen molar-refractivity contribution < 1.29 is 14.0 Å². The molecule has 2 fully saturated rings. The first-order chi connectivity index (χ1) is 12.7. The largest absolute Gasteiger partial charge is 0.472 e. The van der Waals surface area contributed by atoms with Crippen LogP contribution < -0.4 is 0 Å². The summed E-state index contributed by atoms with van der Waals surface area (Å²) in [6.45, 7) is 2.32. The molecular weight excluding hydrogens is 328 g/mol. The highest BCUT2D eigenvalue weighted by Crippen LogP contribution is 2.33. The lowest BCUT2D eigenvalue weighted by Gasteiger charge is -2.47. The smallest absolute Gasteiger partial charge is 0.257 e. The number of amides is 2. The van der Waals surface area contributed by atoms with E-state index in [-0.39, 0.29) is 5.91 Å². The Balaban J connectivity index is 1.38. The van der Waals surface area contributed by atoms with Crippen LogP contribution in [0.1, 0.15) is 61.7 Å². The number of carbonyl (C=O) groups excluding carboxylic acids is 2. The highest BCUT2D eigenvalue weighted by Gasteiger charge is 2.40. The topological polar surface area (TPSA) is 53.8 Å². The first-order valence-corrected chi connectivity index (χ1v) is 10.0. The fraction of sp³-hybridized carbons (Fsp3) is 0.619. The van der Waals surface area contributed by atoms with Crippen LogP contribution in [-0.2, 0) is 4.79 Å². The van der Waals surface area contributed by atoms with Crippen LogP contribution in [0.5, 0.6) is 0 Å². The van der Waals surface area contributed by atoms with Gasteiger partial charge in [0.25, 0.3) is 5.91 Å². The monoisotopic (exact) mass is 356 g/mol. The molecule has 0 spiro atoms. The highest BCUT2D eigenvalue weighted by atomic mass is 16.3. The molecule has 26 heavy (non-hydrogen) atoms. The van der Waals surface area contributed by atoms with Gasteiger partial charge in [-0.25, -0.2) is 0 Å². The second-order valence-corrected chi connectivity index (χ2v) is 7.86. The molecule has 4 rings (SSSR count). The van der Waals surface area contributed by atoms with Crippen LogP contribution in [-0.4, -0.2) is 47.3 Å².